The van der Waals surface area contributed by atoms with Crippen molar-refractivity contribution in [2.24, 2.45) is 0 Å². The Morgan fingerprint density at radius 2 is 1.79 bits per heavy atom. The van der Waals surface area contributed by atoms with Gasteiger partial charge in [0.1, 0.15) is 0 Å². The van der Waals surface area contributed by atoms with Crippen LogP contribution in [0.5, 0.6) is 0 Å². The van der Waals surface area contributed by atoms with E-state index in [-0.39, 0.29) is 10.5 Å². The Bertz CT molecular complexity index is 438. The molecular formula is C8H6ClFO3S. The molecule has 1 aromatic rings. The molecule has 0 saturated carbocycles. The molecule has 1 rings (SSSR count). The van der Waals surface area contributed by atoms with Crippen molar-refractivity contribution in [1.82, 2.24) is 0 Å². The Kier molecular flexibility index (Phi) is 3.23. The Morgan fingerprint density at radius 3 is 2.14 bits per heavy atom. The van der Waals surface area contributed by atoms with Crippen LogP contribution in [0.4, 0.5) is 4.39 Å². The van der Waals surface area contributed by atoms with Gasteiger partial charge in [-0.25, -0.2) is 12.8 Å². The lowest BCUT2D eigenvalue weighted by Gasteiger charge is -1.98. The highest BCUT2D eigenvalue weighted by Crippen LogP contribution is 2.15. The average molecular weight is 237 g/mol. The SMILES string of the molecule is O=C(CF)c1ccc(S(=O)(=O)Cl)cc1. The molecular weight excluding hydrogens is 231 g/mol. The minimum Gasteiger partial charge on any atom is -0.291 e. The Morgan fingerprint density at radius 1 is 1.29 bits per heavy atom. The highest BCUT2D eigenvalue weighted by atomic mass is 35.7. The minimum atomic E-state index is -3.78. The van der Waals surface area contributed by atoms with Crippen LogP contribution in [-0.2, 0) is 9.05 Å². The summed E-state index contributed by atoms with van der Waals surface area (Å²) in [5.41, 5.74) is 0.122. The van der Waals surface area contributed by atoms with E-state index in [1.54, 1.807) is 0 Å². The highest BCUT2D eigenvalue weighted by Gasteiger charge is 2.11. The summed E-state index contributed by atoms with van der Waals surface area (Å²) >= 11 is 0. The van der Waals surface area contributed by atoms with Crippen LogP contribution in [0.1, 0.15) is 10.4 Å². The van der Waals surface area contributed by atoms with E-state index in [2.05, 4.69) is 0 Å². The lowest BCUT2D eigenvalue weighted by molar-refractivity contribution is 0.0958. The third kappa shape index (κ3) is 2.52. The van der Waals surface area contributed by atoms with Gasteiger partial charge in [0.05, 0.1) is 4.90 Å². The van der Waals surface area contributed by atoms with Crippen LogP contribution in [0.25, 0.3) is 0 Å². The van der Waals surface area contributed by atoms with E-state index in [1.807, 2.05) is 0 Å². The number of ketones is 1. The van der Waals surface area contributed by atoms with Crippen molar-refractivity contribution in [2.45, 2.75) is 4.90 Å². The second kappa shape index (κ2) is 4.06. The van der Waals surface area contributed by atoms with E-state index >= 15 is 0 Å². The first-order valence-corrected chi connectivity index (χ1v) is 5.90. The fourth-order valence-electron chi connectivity index (χ4n) is 0.881. The molecule has 0 spiro atoms. The Labute approximate surface area is 84.9 Å². The van der Waals surface area contributed by atoms with Gasteiger partial charge in [-0.2, -0.15) is 0 Å². The molecule has 0 aromatic heterocycles. The molecule has 0 saturated heterocycles. The monoisotopic (exact) mass is 236 g/mol. The van der Waals surface area contributed by atoms with Gasteiger partial charge in [0.15, 0.2) is 12.5 Å². The molecule has 0 radical (unpaired) electrons. The van der Waals surface area contributed by atoms with E-state index in [0.29, 0.717) is 0 Å². The number of hydrogen-bond acceptors (Lipinski definition) is 3. The van der Waals surface area contributed by atoms with Crippen LogP contribution in [0.3, 0.4) is 0 Å². The molecule has 3 nitrogen and oxygen atoms in total. The zero-order chi connectivity index (χ0) is 10.8. The first-order valence-electron chi connectivity index (χ1n) is 3.59. The van der Waals surface area contributed by atoms with Gasteiger partial charge in [-0.05, 0) is 24.3 Å². The quantitative estimate of drug-likeness (QED) is 0.594. The molecule has 0 unspecified atom stereocenters. The fourth-order valence-corrected chi connectivity index (χ4v) is 1.65. The smallest absolute Gasteiger partial charge is 0.261 e. The van der Waals surface area contributed by atoms with E-state index in [1.165, 1.54) is 12.1 Å². The summed E-state index contributed by atoms with van der Waals surface area (Å²) in [7, 11) is 1.25. The maximum absolute atomic E-state index is 11.9. The first kappa shape index (κ1) is 11.1. The summed E-state index contributed by atoms with van der Waals surface area (Å²) < 4.78 is 33.5. The van der Waals surface area contributed by atoms with Gasteiger partial charge in [-0.3, -0.25) is 4.79 Å². The molecule has 0 aliphatic heterocycles. The Hall–Kier alpha value is -0.940. The van der Waals surface area contributed by atoms with Crippen molar-refractivity contribution >= 4 is 25.5 Å². The van der Waals surface area contributed by atoms with Crippen molar-refractivity contribution < 1.29 is 17.6 Å². The molecule has 0 aliphatic rings. The number of halogens is 2. The average Bonchev–Trinajstić information content (AvgIpc) is 2.15. The number of carbonyl (C=O) groups is 1. The van der Waals surface area contributed by atoms with Crippen LogP contribution in [0.2, 0.25) is 0 Å². The van der Waals surface area contributed by atoms with Crippen molar-refractivity contribution in [1.29, 1.82) is 0 Å². The maximum atomic E-state index is 11.9. The van der Waals surface area contributed by atoms with E-state index in [0.717, 1.165) is 12.1 Å². The number of alkyl halides is 1. The molecule has 0 N–H and O–H groups in total. The Balaban J connectivity index is 3.07. The third-order valence-corrected chi connectivity index (χ3v) is 2.95. The van der Waals surface area contributed by atoms with Crippen LogP contribution in [0, 0.1) is 0 Å². The number of benzene rings is 1. The van der Waals surface area contributed by atoms with Gasteiger partial charge in [0.25, 0.3) is 9.05 Å². The number of carbonyl (C=O) groups excluding carboxylic acids is 1. The van der Waals surface area contributed by atoms with Crippen LogP contribution in [0.15, 0.2) is 29.2 Å². The summed E-state index contributed by atoms with van der Waals surface area (Å²) in [5.74, 6) is -0.691. The van der Waals surface area contributed by atoms with Crippen molar-refractivity contribution in [3.8, 4) is 0 Å². The van der Waals surface area contributed by atoms with Crippen LogP contribution >= 0.6 is 10.7 Å². The number of Topliss-reactive ketones (excluding diaryl/α,β-unsaturated/α-hetero) is 1. The van der Waals surface area contributed by atoms with Gasteiger partial charge < -0.3 is 0 Å². The molecule has 0 fully saturated rings. The van der Waals surface area contributed by atoms with Crippen molar-refractivity contribution in [3.05, 3.63) is 29.8 Å². The second-order valence-corrected chi connectivity index (χ2v) is 5.08. The largest absolute Gasteiger partial charge is 0.291 e. The van der Waals surface area contributed by atoms with Gasteiger partial charge in [-0.1, -0.05) is 0 Å². The highest BCUT2D eigenvalue weighted by molar-refractivity contribution is 8.13. The number of hydrogen-bond donors (Lipinski definition) is 0. The van der Waals surface area contributed by atoms with Crippen LogP contribution in [-0.4, -0.2) is 20.9 Å². The first-order chi connectivity index (χ1) is 6.45. The third-order valence-electron chi connectivity index (χ3n) is 1.58. The summed E-state index contributed by atoms with van der Waals surface area (Å²) in [6.07, 6.45) is 0. The van der Waals surface area contributed by atoms with Gasteiger partial charge in [0.2, 0.25) is 0 Å². The van der Waals surface area contributed by atoms with Gasteiger partial charge in [0, 0.05) is 16.2 Å². The summed E-state index contributed by atoms with van der Waals surface area (Å²) in [4.78, 5) is 10.7. The summed E-state index contributed by atoms with van der Waals surface area (Å²) in [6.45, 7) is -1.10. The van der Waals surface area contributed by atoms with Crippen molar-refractivity contribution in [3.63, 3.8) is 0 Å². The lowest BCUT2D eigenvalue weighted by Crippen LogP contribution is -2.01. The molecule has 0 atom stereocenters. The van der Waals surface area contributed by atoms with E-state index < -0.39 is 21.5 Å². The zero-order valence-electron chi connectivity index (χ0n) is 6.91. The molecule has 0 aliphatic carbocycles. The topological polar surface area (TPSA) is 51.2 Å². The summed E-state index contributed by atoms with van der Waals surface area (Å²) in [5, 5.41) is 0. The van der Waals surface area contributed by atoms with Crippen LogP contribution < -0.4 is 0 Å². The molecule has 1 aromatic carbocycles. The minimum absolute atomic E-state index is 0.116. The predicted octanol–water partition coefficient (Wildman–Crippen LogP) is 1.77. The van der Waals surface area contributed by atoms with Crippen molar-refractivity contribution in [2.75, 3.05) is 6.67 Å². The zero-order valence-corrected chi connectivity index (χ0v) is 8.48. The maximum Gasteiger partial charge on any atom is 0.261 e. The van der Waals surface area contributed by atoms with Gasteiger partial charge in [-0.15, -0.1) is 0 Å². The fraction of sp³-hybridized carbons (Fsp3) is 0.125. The summed E-state index contributed by atoms with van der Waals surface area (Å²) in [6, 6.07) is 4.75. The standard InChI is InChI=1S/C8H6ClFO3S/c9-14(12,13)7-3-1-6(2-4-7)8(11)5-10/h1-4H,5H2. The molecule has 0 heterocycles. The second-order valence-electron chi connectivity index (χ2n) is 2.52. The van der Waals surface area contributed by atoms with E-state index in [9.17, 15) is 17.6 Å². The number of rotatable bonds is 3. The predicted molar refractivity (Wildman–Crippen MR) is 49.8 cm³/mol. The molecule has 6 heteroatoms. The molecule has 14 heavy (non-hydrogen) atoms. The van der Waals surface area contributed by atoms with Gasteiger partial charge >= 0.3 is 0 Å². The lowest BCUT2D eigenvalue weighted by atomic mass is 10.1. The normalized spacial score (nSPS) is 11.3. The van der Waals surface area contributed by atoms with E-state index in [4.69, 9.17) is 10.7 Å². The molecule has 0 amide bonds. The molecule has 76 valence electrons. The molecule has 0 bridgehead atoms.